The third kappa shape index (κ3) is 3.51. The summed E-state index contributed by atoms with van der Waals surface area (Å²) in [6, 6.07) is 15.8. The molecule has 0 unspecified atom stereocenters. The van der Waals surface area contributed by atoms with Gasteiger partial charge in [-0.2, -0.15) is 0 Å². The van der Waals surface area contributed by atoms with Crippen molar-refractivity contribution >= 4 is 22.5 Å². The van der Waals surface area contributed by atoms with Crippen LogP contribution in [0.4, 0.5) is 5.69 Å². The van der Waals surface area contributed by atoms with Crippen LogP contribution in [0, 0.1) is 6.92 Å². The summed E-state index contributed by atoms with van der Waals surface area (Å²) in [6.45, 7) is 3.09. The van der Waals surface area contributed by atoms with Crippen LogP contribution in [0.5, 0.6) is 5.75 Å². The number of aryl methyl sites for hydroxylation is 1. The summed E-state index contributed by atoms with van der Waals surface area (Å²) in [5.74, 6) is 0.883. The lowest BCUT2D eigenvalue weighted by Gasteiger charge is -2.17. The van der Waals surface area contributed by atoms with E-state index >= 15 is 0 Å². The zero-order valence-corrected chi connectivity index (χ0v) is 15.3. The zero-order chi connectivity index (χ0) is 18.8. The number of aromatic nitrogens is 1. The van der Waals surface area contributed by atoms with E-state index in [1.54, 1.807) is 0 Å². The smallest absolute Gasteiger partial charge is 0.227 e. The molecule has 1 saturated heterocycles. The number of fused-ring (bicyclic) bond motifs is 1. The van der Waals surface area contributed by atoms with Gasteiger partial charge in [-0.1, -0.05) is 18.2 Å². The van der Waals surface area contributed by atoms with Crippen molar-refractivity contribution in [2.24, 2.45) is 0 Å². The van der Waals surface area contributed by atoms with Crippen molar-refractivity contribution in [2.75, 3.05) is 24.7 Å². The Morgan fingerprint density at radius 2 is 2.07 bits per heavy atom. The van der Waals surface area contributed by atoms with Crippen LogP contribution in [0.1, 0.15) is 18.4 Å². The average Bonchev–Trinajstić information content (AvgIpc) is 3.12. The maximum absolute atomic E-state index is 12.1. The summed E-state index contributed by atoms with van der Waals surface area (Å²) in [7, 11) is 0. The number of rotatable bonds is 5. The second-order valence-corrected chi connectivity index (χ2v) is 6.77. The lowest BCUT2D eigenvalue weighted by Crippen LogP contribution is -2.23. The Hall–Kier alpha value is -2.92. The Morgan fingerprint density at radius 3 is 2.85 bits per heavy atom. The molecule has 0 aliphatic carbocycles. The molecule has 1 amide bonds. The molecule has 27 heavy (non-hydrogen) atoms. The first kappa shape index (κ1) is 17.5. The molecule has 138 valence electrons. The molecule has 1 aliphatic heterocycles. The van der Waals surface area contributed by atoms with Gasteiger partial charge in [0.15, 0.2) is 0 Å². The molecule has 0 atom stereocenters. The van der Waals surface area contributed by atoms with Gasteiger partial charge in [-0.3, -0.25) is 4.79 Å². The number of hydrogen-bond donors (Lipinski definition) is 1. The molecule has 4 rings (SSSR count). The molecule has 0 saturated carbocycles. The summed E-state index contributed by atoms with van der Waals surface area (Å²) in [5.41, 5.74) is 4.74. The van der Waals surface area contributed by atoms with E-state index in [0.717, 1.165) is 46.4 Å². The van der Waals surface area contributed by atoms with Crippen LogP contribution >= 0.6 is 0 Å². The largest absolute Gasteiger partial charge is 0.491 e. The topological polar surface area (TPSA) is 62.7 Å². The van der Waals surface area contributed by atoms with Crippen LogP contribution < -0.4 is 9.64 Å². The van der Waals surface area contributed by atoms with E-state index in [1.807, 2.05) is 47.4 Å². The monoisotopic (exact) mass is 362 g/mol. The number of ether oxygens (including phenoxy) is 1. The lowest BCUT2D eigenvalue weighted by molar-refractivity contribution is -0.117. The van der Waals surface area contributed by atoms with Gasteiger partial charge in [0.05, 0.1) is 17.8 Å². The molecule has 1 fully saturated rings. The number of carbonyl (C=O) groups excluding carboxylic acids is 1. The molecule has 2 heterocycles. The van der Waals surface area contributed by atoms with E-state index in [9.17, 15) is 4.79 Å². The normalized spacial score (nSPS) is 14.1. The number of amides is 1. The third-order valence-corrected chi connectivity index (χ3v) is 4.88. The lowest BCUT2D eigenvalue weighted by atomic mass is 10.0. The van der Waals surface area contributed by atoms with Gasteiger partial charge in [-0.05, 0) is 49.2 Å². The minimum absolute atomic E-state index is 0.0183. The molecule has 5 heteroatoms. The van der Waals surface area contributed by atoms with Gasteiger partial charge in [-0.15, -0.1) is 0 Å². The highest BCUT2D eigenvalue weighted by Gasteiger charge is 2.22. The van der Waals surface area contributed by atoms with Crippen molar-refractivity contribution in [1.29, 1.82) is 0 Å². The number of anilines is 1. The third-order valence-electron chi connectivity index (χ3n) is 4.88. The van der Waals surface area contributed by atoms with Crippen LogP contribution in [-0.4, -0.2) is 35.8 Å². The number of pyridine rings is 1. The van der Waals surface area contributed by atoms with E-state index in [1.165, 1.54) is 0 Å². The van der Waals surface area contributed by atoms with Gasteiger partial charge in [-0.25, -0.2) is 4.98 Å². The van der Waals surface area contributed by atoms with E-state index in [2.05, 4.69) is 13.0 Å². The van der Waals surface area contributed by atoms with Crippen LogP contribution in [0.3, 0.4) is 0 Å². The maximum atomic E-state index is 12.1. The number of nitrogens with zero attached hydrogens (tertiary/aromatic N) is 2. The second kappa shape index (κ2) is 7.37. The molecule has 5 nitrogen and oxygen atoms in total. The maximum Gasteiger partial charge on any atom is 0.227 e. The van der Waals surface area contributed by atoms with E-state index in [0.29, 0.717) is 12.2 Å². The molecular formula is C22H22N2O3. The van der Waals surface area contributed by atoms with E-state index < -0.39 is 0 Å². The van der Waals surface area contributed by atoms with Crippen LogP contribution in [0.25, 0.3) is 22.2 Å². The van der Waals surface area contributed by atoms with Crippen LogP contribution in [-0.2, 0) is 4.79 Å². The second-order valence-electron chi connectivity index (χ2n) is 6.77. The van der Waals surface area contributed by atoms with Crippen LogP contribution in [0.15, 0.2) is 48.5 Å². The van der Waals surface area contributed by atoms with Crippen molar-refractivity contribution in [2.45, 2.75) is 19.8 Å². The Labute approximate surface area is 158 Å². The van der Waals surface area contributed by atoms with Crippen LogP contribution in [0.2, 0.25) is 0 Å². The van der Waals surface area contributed by atoms with Crippen molar-refractivity contribution < 1.29 is 14.6 Å². The average molecular weight is 362 g/mol. The number of benzene rings is 2. The predicted molar refractivity (Wildman–Crippen MR) is 106 cm³/mol. The molecule has 0 spiro atoms. The number of hydrogen-bond acceptors (Lipinski definition) is 4. The molecule has 0 bridgehead atoms. The number of carbonyl (C=O) groups is 1. The summed E-state index contributed by atoms with van der Waals surface area (Å²) in [4.78, 5) is 18.7. The number of aliphatic hydroxyl groups excluding tert-OH is 1. The van der Waals surface area contributed by atoms with Gasteiger partial charge in [0.25, 0.3) is 0 Å². The predicted octanol–water partition coefficient (Wildman–Crippen LogP) is 3.71. The van der Waals surface area contributed by atoms with Gasteiger partial charge in [0.1, 0.15) is 12.4 Å². The molecule has 1 aromatic heterocycles. The van der Waals surface area contributed by atoms with Gasteiger partial charge in [0, 0.05) is 29.6 Å². The summed E-state index contributed by atoms with van der Waals surface area (Å²) >= 11 is 0. The molecule has 2 aromatic carbocycles. The fraction of sp³-hybridized carbons (Fsp3) is 0.273. The van der Waals surface area contributed by atoms with Gasteiger partial charge < -0.3 is 14.7 Å². The molecule has 0 radical (unpaired) electrons. The van der Waals surface area contributed by atoms with Crippen molar-refractivity contribution in [3.8, 4) is 17.0 Å². The van der Waals surface area contributed by atoms with E-state index in [-0.39, 0.29) is 19.1 Å². The Bertz CT molecular complexity index is 1000. The van der Waals surface area contributed by atoms with Gasteiger partial charge in [0.2, 0.25) is 5.91 Å². The Kier molecular flexibility index (Phi) is 4.77. The van der Waals surface area contributed by atoms with Crippen molar-refractivity contribution in [3.05, 3.63) is 54.1 Å². The number of aliphatic hydroxyl groups is 1. The zero-order valence-electron chi connectivity index (χ0n) is 15.3. The molecular weight excluding hydrogens is 340 g/mol. The standard InChI is InChI=1S/C22H22N2O3/c1-15-12-20(16-4-2-5-18(13-16)27-11-10-25)23-21-14-17(7-8-19(15)21)24-9-3-6-22(24)26/h2,4-5,7-8,12-14,25H,3,6,9-11H2,1H3. The Balaban J connectivity index is 1.74. The minimum Gasteiger partial charge on any atom is -0.491 e. The van der Waals surface area contributed by atoms with E-state index in [4.69, 9.17) is 14.8 Å². The highest BCUT2D eigenvalue weighted by molar-refractivity contribution is 5.98. The van der Waals surface area contributed by atoms with Crippen molar-refractivity contribution in [3.63, 3.8) is 0 Å². The summed E-state index contributed by atoms with van der Waals surface area (Å²) < 4.78 is 5.51. The highest BCUT2D eigenvalue weighted by atomic mass is 16.5. The minimum atomic E-state index is -0.0183. The first-order valence-corrected chi connectivity index (χ1v) is 9.21. The SMILES string of the molecule is Cc1cc(-c2cccc(OCCO)c2)nc2cc(N3CCCC3=O)ccc12. The fourth-order valence-electron chi connectivity index (χ4n) is 3.54. The quantitative estimate of drug-likeness (QED) is 0.752. The first-order valence-electron chi connectivity index (χ1n) is 9.21. The molecule has 1 N–H and O–H groups in total. The molecule has 3 aromatic rings. The highest BCUT2D eigenvalue weighted by Crippen LogP contribution is 2.30. The fourth-order valence-corrected chi connectivity index (χ4v) is 3.54. The first-order chi connectivity index (χ1) is 13.2. The summed E-state index contributed by atoms with van der Waals surface area (Å²) in [5, 5.41) is 10.0. The molecule has 1 aliphatic rings. The Morgan fingerprint density at radius 1 is 1.19 bits per heavy atom. The van der Waals surface area contributed by atoms with Crippen molar-refractivity contribution in [1.82, 2.24) is 4.98 Å². The summed E-state index contributed by atoms with van der Waals surface area (Å²) in [6.07, 6.45) is 1.52. The van der Waals surface area contributed by atoms with Gasteiger partial charge >= 0.3 is 0 Å².